The Bertz CT molecular complexity index is 1250. The third-order valence-corrected chi connectivity index (χ3v) is 4.59. The zero-order valence-corrected chi connectivity index (χ0v) is 18.5. The number of hydrogen-bond acceptors (Lipinski definition) is 8. The van der Waals surface area contributed by atoms with Crippen LogP contribution in [-0.2, 0) is 12.1 Å². The van der Waals surface area contributed by atoms with Gasteiger partial charge in [-0.3, -0.25) is 19.5 Å². The zero-order chi connectivity index (χ0) is 24.6. The van der Waals surface area contributed by atoms with Gasteiger partial charge < -0.3 is 11.5 Å². The Morgan fingerprint density at radius 3 is 2.45 bits per heavy atom. The maximum absolute atomic E-state index is 14.1. The molecule has 4 N–H and O–H groups in total. The van der Waals surface area contributed by atoms with Gasteiger partial charge in [-0.2, -0.15) is 15.6 Å². The van der Waals surface area contributed by atoms with Crippen molar-refractivity contribution in [3.8, 4) is 12.1 Å². The van der Waals surface area contributed by atoms with E-state index in [1.165, 1.54) is 24.4 Å². The number of carbonyl (C=O) groups excluding carboxylic acids is 1. The molecule has 1 unspecified atom stereocenters. The quantitative estimate of drug-likeness (QED) is 0.452. The van der Waals surface area contributed by atoms with Gasteiger partial charge in [0, 0.05) is 23.5 Å². The van der Waals surface area contributed by atoms with Gasteiger partial charge in [0.1, 0.15) is 40.7 Å². The average Bonchev–Trinajstić information content (AvgIpc) is 3.25. The number of rotatable bonds is 2. The Morgan fingerprint density at radius 2 is 1.88 bits per heavy atom. The van der Waals surface area contributed by atoms with Crippen molar-refractivity contribution in [1.82, 2.24) is 14.8 Å². The molecule has 0 saturated heterocycles. The van der Waals surface area contributed by atoms with Crippen LogP contribution < -0.4 is 11.5 Å². The number of carbonyl (C=O) groups is 1. The first-order valence-corrected chi connectivity index (χ1v) is 10.00. The van der Waals surface area contributed by atoms with E-state index >= 15 is 0 Å². The highest BCUT2D eigenvalue weighted by atomic mass is 19.1. The summed E-state index contributed by atoms with van der Waals surface area (Å²) < 4.78 is 15.7. The number of fused-ring (bicyclic) bond motifs is 1. The minimum Gasteiger partial charge on any atom is -0.399 e. The number of aliphatic imine (C=N–C) groups is 1. The monoisotopic (exact) mass is 446 g/mol. The number of halogens is 1. The Morgan fingerprint density at radius 1 is 1.15 bits per heavy atom. The molecule has 1 aromatic carbocycles. The fourth-order valence-electron chi connectivity index (χ4n) is 3.09. The van der Waals surface area contributed by atoms with Gasteiger partial charge in [0.05, 0.1) is 12.1 Å². The third kappa shape index (κ3) is 5.57. The number of nitriles is 2. The summed E-state index contributed by atoms with van der Waals surface area (Å²) in [5.41, 5.74) is 13.2. The lowest BCUT2D eigenvalue weighted by Crippen LogP contribution is -2.37. The van der Waals surface area contributed by atoms with Crippen LogP contribution in [0.15, 0.2) is 47.6 Å². The molecule has 0 aliphatic carbocycles. The molecule has 0 amide bonds. The number of nitrogens with two attached hydrogens (primary N) is 2. The fourth-order valence-corrected chi connectivity index (χ4v) is 3.09. The van der Waals surface area contributed by atoms with E-state index in [4.69, 9.17) is 22.0 Å². The van der Waals surface area contributed by atoms with E-state index in [0.717, 1.165) is 0 Å². The van der Waals surface area contributed by atoms with Gasteiger partial charge in [0.15, 0.2) is 12.0 Å². The molecule has 3 aromatic rings. The topological polar surface area (TPSA) is 160 Å². The van der Waals surface area contributed by atoms with Crippen molar-refractivity contribution < 1.29 is 9.18 Å². The number of amidine groups is 1. The van der Waals surface area contributed by atoms with Gasteiger partial charge in [-0.1, -0.05) is 13.8 Å². The van der Waals surface area contributed by atoms with E-state index in [1.807, 2.05) is 26.0 Å². The molecule has 1 atom stereocenters. The summed E-state index contributed by atoms with van der Waals surface area (Å²) in [5.74, 6) is -0.182. The highest BCUT2D eigenvalue weighted by molar-refractivity contribution is 5.97. The third-order valence-electron chi connectivity index (χ3n) is 4.59. The second kappa shape index (κ2) is 10.6. The van der Waals surface area contributed by atoms with Gasteiger partial charge >= 0.3 is 0 Å². The minimum absolute atomic E-state index is 0.222. The molecule has 1 aliphatic heterocycles. The molecule has 33 heavy (non-hydrogen) atoms. The van der Waals surface area contributed by atoms with Crippen LogP contribution in [0.2, 0.25) is 0 Å². The summed E-state index contributed by atoms with van der Waals surface area (Å²) in [6, 6.07) is 12.8. The van der Waals surface area contributed by atoms with Crippen LogP contribution in [0.5, 0.6) is 0 Å². The van der Waals surface area contributed by atoms with E-state index < -0.39 is 11.4 Å². The van der Waals surface area contributed by atoms with Crippen molar-refractivity contribution in [2.75, 3.05) is 5.73 Å². The Kier molecular flexibility index (Phi) is 7.97. The van der Waals surface area contributed by atoms with Gasteiger partial charge in [-0.05, 0) is 37.3 Å². The molecule has 1 aliphatic rings. The van der Waals surface area contributed by atoms with E-state index in [0.29, 0.717) is 34.5 Å². The maximum atomic E-state index is 14.1. The number of nitrogens with zero attached hydrogens (tertiary/aromatic N) is 6. The van der Waals surface area contributed by atoms with Crippen molar-refractivity contribution in [3.63, 3.8) is 0 Å². The Balaban J connectivity index is 0.000000270. The van der Waals surface area contributed by atoms with Crippen LogP contribution >= 0.6 is 0 Å². The second-order valence-electron chi connectivity index (χ2n) is 6.90. The van der Waals surface area contributed by atoms with E-state index in [-0.39, 0.29) is 18.1 Å². The summed E-state index contributed by atoms with van der Waals surface area (Å²) in [4.78, 5) is 18.1. The molecule has 168 valence electrons. The van der Waals surface area contributed by atoms with Crippen LogP contribution in [0.3, 0.4) is 0 Å². The van der Waals surface area contributed by atoms with Crippen LogP contribution in [0.25, 0.3) is 0 Å². The van der Waals surface area contributed by atoms with Crippen molar-refractivity contribution in [2.45, 2.75) is 32.9 Å². The van der Waals surface area contributed by atoms with E-state index in [9.17, 15) is 9.18 Å². The largest absolute Gasteiger partial charge is 0.399 e. The highest BCUT2D eigenvalue weighted by Gasteiger charge is 2.35. The van der Waals surface area contributed by atoms with E-state index in [2.05, 4.69) is 15.1 Å². The summed E-state index contributed by atoms with van der Waals surface area (Å²) in [6.45, 7) is 6.04. The lowest BCUT2D eigenvalue weighted by Gasteiger charge is -2.31. The first-order chi connectivity index (χ1) is 15.8. The summed E-state index contributed by atoms with van der Waals surface area (Å²) >= 11 is 0. The minimum atomic E-state index is -0.921. The number of benzene rings is 1. The molecular weight excluding hydrogens is 423 g/mol. The van der Waals surface area contributed by atoms with Gasteiger partial charge in [-0.15, -0.1) is 0 Å². The lowest BCUT2D eigenvalue weighted by atomic mass is 9.90. The van der Waals surface area contributed by atoms with Crippen LogP contribution in [0, 0.1) is 28.5 Å². The first kappa shape index (κ1) is 24.7. The van der Waals surface area contributed by atoms with Crippen molar-refractivity contribution in [2.24, 2.45) is 10.7 Å². The number of pyridine rings is 1. The molecule has 0 radical (unpaired) electrons. The standard InChI is InChI=1S/C14H13FN6.C7H4N2O.C2H6/c1-14(10-4-8(17)2-3-11(10)15)7-21-12(13(18)19-14)5-9(6-16)20-21;8-3-6-1-2-7(5-10)9-4-6;1-2/h2-5H,7,17H2,1H3,(H2,18,19);1-2,4-5H;1-2H3. The molecule has 0 spiro atoms. The normalized spacial score (nSPS) is 15.8. The lowest BCUT2D eigenvalue weighted by molar-refractivity contribution is 0.111. The van der Waals surface area contributed by atoms with Crippen LogP contribution in [0.4, 0.5) is 10.1 Å². The van der Waals surface area contributed by atoms with Gasteiger partial charge in [0.25, 0.3) is 0 Å². The SMILES string of the molecule is CC.CC1(c2cc(N)ccc2F)Cn2nc(C#N)cc2C(N)=N1.N#Cc1ccc(C=O)nc1. The maximum Gasteiger partial charge on any atom is 0.168 e. The molecule has 4 rings (SSSR count). The first-order valence-electron chi connectivity index (χ1n) is 10.00. The number of nitrogen functional groups attached to an aromatic ring is 1. The second-order valence-corrected chi connectivity index (χ2v) is 6.90. The predicted octanol–water partition coefficient (Wildman–Crippen LogP) is 2.90. The summed E-state index contributed by atoms with van der Waals surface area (Å²) in [7, 11) is 0. The summed E-state index contributed by atoms with van der Waals surface area (Å²) in [6.07, 6.45) is 2.00. The Hall–Kier alpha value is -4.57. The molecule has 0 fully saturated rings. The molecule has 0 bridgehead atoms. The van der Waals surface area contributed by atoms with Crippen molar-refractivity contribution >= 4 is 17.8 Å². The molecule has 9 nitrogen and oxygen atoms in total. The van der Waals surface area contributed by atoms with E-state index in [1.54, 1.807) is 29.8 Å². The number of aromatic nitrogens is 3. The molecule has 0 saturated carbocycles. The van der Waals surface area contributed by atoms with Crippen LogP contribution in [0.1, 0.15) is 53.8 Å². The van der Waals surface area contributed by atoms with Gasteiger partial charge in [0.2, 0.25) is 0 Å². The van der Waals surface area contributed by atoms with Crippen LogP contribution in [-0.4, -0.2) is 26.9 Å². The van der Waals surface area contributed by atoms with Crippen molar-refractivity contribution in [1.29, 1.82) is 10.5 Å². The predicted molar refractivity (Wildman–Crippen MR) is 122 cm³/mol. The molecular formula is C23H23FN8O. The zero-order valence-electron chi connectivity index (χ0n) is 18.5. The Labute approximate surface area is 190 Å². The molecule has 2 aromatic heterocycles. The highest BCUT2D eigenvalue weighted by Crippen LogP contribution is 2.34. The number of hydrogen-bond donors (Lipinski definition) is 2. The number of anilines is 1. The smallest absolute Gasteiger partial charge is 0.168 e. The molecule has 3 heterocycles. The van der Waals surface area contributed by atoms with Gasteiger partial charge in [-0.25, -0.2) is 4.39 Å². The molecule has 10 heteroatoms. The fraction of sp³-hybridized carbons (Fsp3) is 0.217. The number of aldehydes is 1. The van der Waals surface area contributed by atoms with Crippen molar-refractivity contribution in [3.05, 3.63) is 76.6 Å². The average molecular weight is 446 g/mol. The summed E-state index contributed by atoms with van der Waals surface area (Å²) in [5, 5.41) is 21.4.